The minimum atomic E-state index is -3.32. The highest BCUT2D eigenvalue weighted by atomic mass is 32.2. The first-order chi connectivity index (χ1) is 11.6. The van der Waals surface area contributed by atoms with E-state index in [2.05, 4.69) is 28.4 Å². The molecule has 0 unspecified atom stereocenters. The van der Waals surface area contributed by atoms with E-state index in [0.29, 0.717) is 0 Å². The molecule has 3 rings (SSSR count). The van der Waals surface area contributed by atoms with Crippen LogP contribution >= 0.6 is 0 Å². The highest BCUT2D eigenvalue weighted by Gasteiger charge is 2.36. The van der Waals surface area contributed by atoms with Crippen LogP contribution in [0.15, 0.2) is 60.7 Å². The first kappa shape index (κ1) is 16.3. The molecule has 3 nitrogen and oxygen atoms in total. The molecule has 1 aliphatic rings. The number of benzene rings is 2. The minimum Gasteiger partial charge on any atom is -0.212 e. The van der Waals surface area contributed by atoms with Crippen molar-refractivity contribution < 1.29 is 8.42 Å². The van der Waals surface area contributed by atoms with Crippen molar-refractivity contribution in [1.29, 1.82) is 0 Å². The van der Waals surface area contributed by atoms with Crippen LogP contribution in [0.4, 0.5) is 0 Å². The van der Waals surface area contributed by atoms with Gasteiger partial charge in [-0.25, -0.2) is 8.42 Å². The number of rotatable bonds is 4. The van der Waals surface area contributed by atoms with Crippen LogP contribution in [-0.4, -0.2) is 13.7 Å². The van der Waals surface area contributed by atoms with E-state index in [1.165, 1.54) is 0 Å². The molecule has 0 spiro atoms. The number of nitrogens with one attached hydrogen (secondary N) is 1. The molecule has 24 heavy (non-hydrogen) atoms. The molecule has 4 heteroatoms. The summed E-state index contributed by atoms with van der Waals surface area (Å²) < 4.78 is 27.1. The molecule has 1 saturated carbocycles. The lowest BCUT2D eigenvalue weighted by atomic mass is 10.1. The Hall–Kier alpha value is -2.53. The molecule has 0 saturated heterocycles. The Morgan fingerprint density at radius 2 is 1.54 bits per heavy atom. The van der Waals surface area contributed by atoms with Crippen molar-refractivity contribution in [1.82, 2.24) is 4.72 Å². The Morgan fingerprint density at radius 3 is 2.17 bits per heavy atom. The summed E-state index contributed by atoms with van der Waals surface area (Å²) in [5.74, 6) is 11.4. The molecule has 1 N–H and O–H groups in total. The summed E-state index contributed by atoms with van der Waals surface area (Å²) in [7, 11) is -3.32. The summed E-state index contributed by atoms with van der Waals surface area (Å²) in [6.45, 7) is 0. The fourth-order valence-corrected chi connectivity index (χ4v) is 3.67. The van der Waals surface area contributed by atoms with Gasteiger partial charge in [-0.05, 0) is 42.4 Å². The smallest absolute Gasteiger partial charge is 0.212 e. The van der Waals surface area contributed by atoms with Crippen molar-refractivity contribution >= 4 is 10.0 Å². The fourth-order valence-electron chi connectivity index (χ4n) is 2.20. The monoisotopic (exact) mass is 335 g/mol. The quantitative estimate of drug-likeness (QED) is 0.874. The van der Waals surface area contributed by atoms with Crippen LogP contribution < -0.4 is 4.72 Å². The van der Waals surface area contributed by atoms with Gasteiger partial charge in [0.1, 0.15) is 6.04 Å². The fraction of sp³-hybridized carbons (Fsp3) is 0.200. The van der Waals surface area contributed by atoms with E-state index >= 15 is 0 Å². The third-order valence-electron chi connectivity index (χ3n) is 3.64. The maximum absolute atomic E-state index is 12.2. The molecule has 2 aromatic rings. The second kappa shape index (κ2) is 7.36. The Kier molecular flexibility index (Phi) is 5.01. The zero-order chi connectivity index (χ0) is 16.8. The molecule has 0 aromatic heterocycles. The second-order valence-corrected chi connectivity index (χ2v) is 7.58. The van der Waals surface area contributed by atoms with Gasteiger partial charge in [0.05, 0.1) is 5.25 Å². The first-order valence-electron chi connectivity index (χ1n) is 7.78. The standard InChI is InChI=1S/C20H17NO2S/c22-24(23,19-15-16-19)21-20(18-12-5-2-6-13-18)14-8-7-11-17-9-3-1-4-10-17/h1-6,9-10,12-13,19-21H,15-16H2/t20-/m1/s1. The summed E-state index contributed by atoms with van der Waals surface area (Å²) in [6.07, 6.45) is 1.44. The Labute approximate surface area is 143 Å². The summed E-state index contributed by atoms with van der Waals surface area (Å²) >= 11 is 0. The van der Waals surface area contributed by atoms with E-state index < -0.39 is 16.1 Å². The molecule has 0 amide bonds. The molecule has 120 valence electrons. The molecular formula is C20H17NO2S. The largest absolute Gasteiger partial charge is 0.215 e. The summed E-state index contributed by atoms with van der Waals surface area (Å²) in [4.78, 5) is 0. The molecule has 0 aliphatic heterocycles. The molecule has 1 fully saturated rings. The topological polar surface area (TPSA) is 46.2 Å². The average Bonchev–Trinajstić information content (AvgIpc) is 3.45. The molecule has 2 aromatic carbocycles. The highest BCUT2D eigenvalue weighted by Crippen LogP contribution is 2.29. The summed E-state index contributed by atoms with van der Waals surface area (Å²) in [5, 5.41) is -0.277. The van der Waals surface area contributed by atoms with Crippen LogP contribution in [0.5, 0.6) is 0 Å². The van der Waals surface area contributed by atoms with Gasteiger partial charge in [0.2, 0.25) is 10.0 Å². The van der Waals surface area contributed by atoms with E-state index in [1.54, 1.807) is 0 Å². The molecule has 1 aliphatic carbocycles. The molecular weight excluding hydrogens is 318 g/mol. The van der Waals surface area contributed by atoms with Crippen LogP contribution in [0.25, 0.3) is 0 Å². The van der Waals surface area contributed by atoms with Gasteiger partial charge in [-0.15, -0.1) is 0 Å². The zero-order valence-electron chi connectivity index (χ0n) is 13.1. The van der Waals surface area contributed by atoms with Gasteiger partial charge in [-0.2, -0.15) is 4.72 Å². The lowest BCUT2D eigenvalue weighted by Gasteiger charge is -2.13. The third-order valence-corrected chi connectivity index (χ3v) is 5.55. The molecule has 0 bridgehead atoms. The first-order valence-corrected chi connectivity index (χ1v) is 9.32. The van der Waals surface area contributed by atoms with Crippen molar-refractivity contribution in [3.63, 3.8) is 0 Å². The normalized spacial score (nSPS) is 14.7. The van der Waals surface area contributed by atoms with Crippen LogP contribution in [0.1, 0.15) is 30.0 Å². The predicted octanol–water partition coefficient (Wildman–Crippen LogP) is 2.86. The van der Waals surface area contributed by atoms with Crippen molar-refractivity contribution in [3.05, 3.63) is 71.8 Å². The van der Waals surface area contributed by atoms with E-state index in [4.69, 9.17) is 0 Å². The van der Waals surface area contributed by atoms with Crippen molar-refractivity contribution in [2.45, 2.75) is 24.1 Å². The highest BCUT2D eigenvalue weighted by molar-refractivity contribution is 7.90. The number of sulfonamides is 1. The van der Waals surface area contributed by atoms with Crippen LogP contribution in [0.3, 0.4) is 0 Å². The number of hydrogen-bond acceptors (Lipinski definition) is 2. The SMILES string of the molecule is O=S(=O)(N[C@H](C#CC#Cc1ccccc1)c1ccccc1)C1CC1. The van der Waals surface area contributed by atoms with E-state index in [1.807, 2.05) is 60.7 Å². The predicted molar refractivity (Wildman–Crippen MR) is 95.4 cm³/mol. The Balaban J connectivity index is 1.81. The number of hydrogen-bond donors (Lipinski definition) is 1. The lowest BCUT2D eigenvalue weighted by Crippen LogP contribution is -2.30. The van der Waals surface area contributed by atoms with Gasteiger partial charge in [0, 0.05) is 5.56 Å². The van der Waals surface area contributed by atoms with Gasteiger partial charge >= 0.3 is 0 Å². The average molecular weight is 335 g/mol. The Bertz CT molecular complexity index is 910. The summed E-state index contributed by atoms with van der Waals surface area (Å²) in [6, 6.07) is 18.3. The van der Waals surface area contributed by atoms with Crippen molar-refractivity contribution in [3.8, 4) is 23.7 Å². The van der Waals surface area contributed by atoms with Gasteiger partial charge in [-0.3, -0.25) is 0 Å². The van der Waals surface area contributed by atoms with E-state index in [0.717, 1.165) is 24.0 Å². The third kappa shape index (κ3) is 4.49. The van der Waals surface area contributed by atoms with Gasteiger partial charge in [0.25, 0.3) is 0 Å². The lowest BCUT2D eigenvalue weighted by molar-refractivity contribution is 0.574. The molecule has 1 atom stereocenters. The van der Waals surface area contributed by atoms with Gasteiger partial charge in [-0.1, -0.05) is 60.4 Å². The summed E-state index contributed by atoms with van der Waals surface area (Å²) in [5.41, 5.74) is 1.69. The van der Waals surface area contributed by atoms with Crippen molar-refractivity contribution in [2.75, 3.05) is 0 Å². The maximum atomic E-state index is 12.2. The van der Waals surface area contributed by atoms with E-state index in [9.17, 15) is 8.42 Å². The second-order valence-electron chi connectivity index (χ2n) is 5.59. The van der Waals surface area contributed by atoms with Crippen molar-refractivity contribution in [2.24, 2.45) is 0 Å². The zero-order valence-corrected chi connectivity index (χ0v) is 13.9. The Morgan fingerprint density at radius 1 is 0.917 bits per heavy atom. The van der Waals surface area contributed by atoms with Crippen LogP contribution in [0, 0.1) is 23.7 Å². The molecule has 0 heterocycles. The van der Waals surface area contributed by atoms with Crippen LogP contribution in [-0.2, 0) is 10.0 Å². The minimum absolute atomic E-state index is 0.277. The molecule has 0 radical (unpaired) electrons. The van der Waals surface area contributed by atoms with Gasteiger partial charge < -0.3 is 0 Å². The van der Waals surface area contributed by atoms with E-state index in [-0.39, 0.29) is 5.25 Å². The van der Waals surface area contributed by atoms with Crippen LogP contribution in [0.2, 0.25) is 0 Å². The maximum Gasteiger partial charge on any atom is 0.215 e. The van der Waals surface area contributed by atoms with Gasteiger partial charge in [0.15, 0.2) is 0 Å².